The normalized spacial score (nSPS) is 27.3. The van der Waals surface area contributed by atoms with Crippen molar-refractivity contribution in [2.24, 2.45) is 0 Å². The van der Waals surface area contributed by atoms with Gasteiger partial charge in [-0.15, -0.1) is 0 Å². The largest absolute Gasteiger partial charge is 0.459 e. The second-order valence-corrected chi connectivity index (χ2v) is 7.96. The van der Waals surface area contributed by atoms with Crippen LogP contribution < -0.4 is 0 Å². The van der Waals surface area contributed by atoms with E-state index in [1.165, 1.54) is 13.8 Å². The van der Waals surface area contributed by atoms with Gasteiger partial charge in [0.15, 0.2) is 5.60 Å². The molecule has 4 nitrogen and oxygen atoms in total. The molecule has 7 heteroatoms. The first-order chi connectivity index (χ1) is 11.7. The highest BCUT2D eigenvalue weighted by molar-refractivity contribution is 5.87. The summed E-state index contributed by atoms with van der Waals surface area (Å²) in [5.41, 5.74) is -5.30. The summed E-state index contributed by atoms with van der Waals surface area (Å²) in [5.74, 6) is -0.458. The van der Waals surface area contributed by atoms with Gasteiger partial charge in [-0.2, -0.15) is 13.2 Å². The Kier molecular flexibility index (Phi) is 6.96. The highest BCUT2D eigenvalue weighted by Gasteiger charge is 2.61. The zero-order chi connectivity index (χ0) is 20.4. The molecule has 0 saturated heterocycles. The molecule has 26 heavy (non-hydrogen) atoms. The van der Waals surface area contributed by atoms with Crippen LogP contribution in [0.4, 0.5) is 13.2 Å². The number of carbonyl (C=O) groups excluding carboxylic acids is 1. The Hall–Kier alpha value is -1.08. The van der Waals surface area contributed by atoms with Crippen molar-refractivity contribution in [2.75, 3.05) is 0 Å². The number of hydrogen-bond donors (Lipinski definition) is 1. The molecule has 0 bridgehead atoms. The van der Waals surface area contributed by atoms with Crippen LogP contribution in [0.5, 0.6) is 0 Å². The molecule has 152 valence electrons. The predicted octanol–water partition coefficient (Wildman–Crippen LogP) is 4.70. The molecule has 1 fully saturated rings. The summed E-state index contributed by atoms with van der Waals surface area (Å²) in [7, 11) is 0. The van der Waals surface area contributed by atoms with Gasteiger partial charge in [0, 0.05) is 5.57 Å². The molecule has 1 aliphatic carbocycles. The first-order valence-electron chi connectivity index (χ1n) is 9.03. The van der Waals surface area contributed by atoms with Crippen molar-refractivity contribution >= 4 is 5.97 Å². The molecular weight excluding hydrogens is 349 g/mol. The molecule has 0 amide bonds. The van der Waals surface area contributed by atoms with Gasteiger partial charge < -0.3 is 14.6 Å². The molecule has 0 heterocycles. The lowest BCUT2D eigenvalue weighted by atomic mass is 9.83. The fourth-order valence-corrected chi connectivity index (χ4v) is 3.22. The van der Waals surface area contributed by atoms with Crippen LogP contribution in [0.25, 0.3) is 0 Å². The molecule has 3 unspecified atom stereocenters. The first-order valence-corrected chi connectivity index (χ1v) is 9.03. The third-order valence-corrected chi connectivity index (χ3v) is 5.54. The number of hydrogen-bond acceptors (Lipinski definition) is 4. The average molecular weight is 380 g/mol. The van der Waals surface area contributed by atoms with E-state index in [9.17, 15) is 23.1 Å². The van der Waals surface area contributed by atoms with E-state index < -0.39 is 28.9 Å². The molecule has 0 aliphatic heterocycles. The monoisotopic (exact) mass is 380 g/mol. The third-order valence-electron chi connectivity index (χ3n) is 5.54. The maximum absolute atomic E-state index is 13.3. The van der Waals surface area contributed by atoms with E-state index in [0.717, 1.165) is 6.92 Å². The predicted molar refractivity (Wildman–Crippen MR) is 92.6 cm³/mol. The van der Waals surface area contributed by atoms with Crippen LogP contribution >= 0.6 is 0 Å². The molecule has 0 aromatic carbocycles. The summed E-state index contributed by atoms with van der Waals surface area (Å²) < 4.78 is 51.2. The first kappa shape index (κ1) is 23.0. The molecular formula is C19H31F3O4. The van der Waals surface area contributed by atoms with Crippen LogP contribution in [0, 0.1) is 0 Å². The van der Waals surface area contributed by atoms with Crippen LogP contribution in [0.3, 0.4) is 0 Å². The van der Waals surface area contributed by atoms with Crippen molar-refractivity contribution in [1.29, 1.82) is 0 Å². The van der Waals surface area contributed by atoms with Crippen molar-refractivity contribution in [3.8, 4) is 0 Å². The standard InChI is InChI=1S/C19H31F3O4/c1-7-18(26-16(4,5)17(6,24)19(20,21)22)11-8-9-14(10-12-18)25-15(23)13(2)3/h14,24H,2,7-12H2,1,3-6H3. The summed E-state index contributed by atoms with van der Waals surface area (Å²) in [6.07, 6.45) is -1.83. The van der Waals surface area contributed by atoms with Gasteiger partial charge in [0.2, 0.25) is 0 Å². The zero-order valence-corrected chi connectivity index (χ0v) is 16.3. The lowest BCUT2D eigenvalue weighted by Gasteiger charge is -2.47. The minimum absolute atomic E-state index is 0.303. The maximum Gasteiger partial charge on any atom is 0.419 e. The van der Waals surface area contributed by atoms with Crippen molar-refractivity contribution in [3.05, 3.63) is 12.2 Å². The number of esters is 1. The van der Waals surface area contributed by atoms with Gasteiger partial charge in [-0.3, -0.25) is 0 Å². The van der Waals surface area contributed by atoms with Gasteiger partial charge in [0.1, 0.15) is 11.7 Å². The fourth-order valence-electron chi connectivity index (χ4n) is 3.22. The lowest BCUT2D eigenvalue weighted by molar-refractivity contribution is -0.330. The Balaban J connectivity index is 2.92. The number of alkyl halides is 3. The summed E-state index contributed by atoms with van der Waals surface area (Å²) in [6, 6.07) is 0. The van der Waals surface area contributed by atoms with E-state index in [4.69, 9.17) is 9.47 Å². The van der Waals surface area contributed by atoms with Crippen LogP contribution in [0.2, 0.25) is 0 Å². The Bertz CT molecular complexity index is 525. The number of halogens is 3. The molecule has 1 N–H and O–H groups in total. The molecule has 0 spiro atoms. The number of carbonyl (C=O) groups is 1. The Morgan fingerprint density at radius 1 is 1.23 bits per heavy atom. The zero-order valence-electron chi connectivity index (χ0n) is 16.3. The summed E-state index contributed by atoms with van der Waals surface area (Å²) in [6.45, 7) is 10.3. The molecule has 1 aliphatic rings. The van der Waals surface area contributed by atoms with E-state index in [-0.39, 0.29) is 6.10 Å². The summed E-state index contributed by atoms with van der Waals surface area (Å²) in [5, 5.41) is 10.1. The summed E-state index contributed by atoms with van der Waals surface area (Å²) in [4.78, 5) is 11.7. The van der Waals surface area contributed by atoms with Crippen LogP contribution in [-0.2, 0) is 14.3 Å². The second kappa shape index (κ2) is 7.89. The third kappa shape index (κ3) is 5.00. The second-order valence-electron chi connectivity index (χ2n) is 7.96. The van der Waals surface area contributed by atoms with Crippen molar-refractivity contribution < 1.29 is 32.5 Å². The molecule has 3 atom stereocenters. The smallest absolute Gasteiger partial charge is 0.419 e. The molecule has 0 aromatic rings. The molecule has 0 aromatic heterocycles. The van der Waals surface area contributed by atoms with Gasteiger partial charge in [-0.05, 0) is 66.2 Å². The Morgan fingerprint density at radius 2 is 1.81 bits per heavy atom. The van der Waals surface area contributed by atoms with Crippen molar-refractivity contribution in [1.82, 2.24) is 0 Å². The SMILES string of the molecule is C=C(C)C(=O)OC1CCCC(CC)(OC(C)(C)C(C)(O)C(F)(F)F)CC1. The quantitative estimate of drug-likeness (QED) is 0.412. The lowest BCUT2D eigenvalue weighted by Crippen LogP contribution is -2.62. The number of aliphatic hydroxyl groups is 1. The van der Waals surface area contributed by atoms with Gasteiger partial charge in [-0.25, -0.2) is 4.79 Å². The van der Waals surface area contributed by atoms with Gasteiger partial charge >= 0.3 is 12.1 Å². The van der Waals surface area contributed by atoms with E-state index in [1.54, 1.807) is 6.92 Å². The van der Waals surface area contributed by atoms with Crippen molar-refractivity contribution in [2.45, 2.75) is 102 Å². The number of ether oxygens (including phenoxy) is 2. The van der Waals surface area contributed by atoms with Crippen LogP contribution in [0.1, 0.15) is 73.1 Å². The highest BCUT2D eigenvalue weighted by atomic mass is 19.4. The fraction of sp³-hybridized carbons (Fsp3) is 0.842. The molecule has 1 rings (SSSR count). The topological polar surface area (TPSA) is 55.8 Å². The van der Waals surface area contributed by atoms with E-state index >= 15 is 0 Å². The van der Waals surface area contributed by atoms with Gasteiger partial charge in [0.25, 0.3) is 0 Å². The van der Waals surface area contributed by atoms with Gasteiger partial charge in [0.05, 0.1) is 5.60 Å². The van der Waals surface area contributed by atoms with Crippen LogP contribution in [0.15, 0.2) is 12.2 Å². The van der Waals surface area contributed by atoms with Gasteiger partial charge in [-0.1, -0.05) is 13.5 Å². The molecule has 0 radical (unpaired) electrons. The van der Waals surface area contributed by atoms with Crippen LogP contribution in [-0.4, -0.2) is 40.2 Å². The minimum atomic E-state index is -4.81. The maximum atomic E-state index is 13.3. The Labute approximate surface area is 153 Å². The molecule has 1 saturated carbocycles. The van der Waals surface area contributed by atoms with E-state index in [2.05, 4.69) is 6.58 Å². The minimum Gasteiger partial charge on any atom is -0.459 e. The van der Waals surface area contributed by atoms with E-state index in [0.29, 0.717) is 44.1 Å². The van der Waals surface area contributed by atoms with E-state index in [1.807, 2.05) is 6.92 Å². The number of rotatable bonds is 6. The Morgan fingerprint density at radius 3 is 2.27 bits per heavy atom. The highest BCUT2D eigenvalue weighted by Crippen LogP contribution is 2.45. The average Bonchev–Trinajstić information content (AvgIpc) is 2.68. The van der Waals surface area contributed by atoms with Crippen molar-refractivity contribution in [3.63, 3.8) is 0 Å². The summed E-state index contributed by atoms with van der Waals surface area (Å²) >= 11 is 0.